The average Bonchev–Trinajstić information content (AvgIpc) is 3.47. The molecule has 9 heteroatoms. The van der Waals surface area contributed by atoms with Crippen LogP contribution in [0.4, 0.5) is 5.82 Å². The van der Waals surface area contributed by atoms with Crippen LogP contribution in [0.15, 0.2) is 41.2 Å². The molecule has 3 aromatic heterocycles. The van der Waals surface area contributed by atoms with Crippen molar-refractivity contribution < 1.29 is 4.79 Å². The van der Waals surface area contributed by atoms with E-state index in [-0.39, 0.29) is 16.9 Å². The van der Waals surface area contributed by atoms with Crippen LogP contribution in [0.2, 0.25) is 0 Å². The highest BCUT2D eigenvalue weighted by atomic mass is 32.1. The molecule has 1 unspecified atom stereocenters. The van der Waals surface area contributed by atoms with Gasteiger partial charge in [0.05, 0.1) is 15.6 Å². The maximum atomic E-state index is 13.7. The van der Waals surface area contributed by atoms with Crippen LogP contribution in [0.3, 0.4) is 0 Å². The van der Waals surface area contributed by atoms with E-state index in [1.54, 1.807) is 0 Å². The standard InChI is InChI=1S/C27H32N6O2S/c1-30-14-16-32(17-15-30)22-10-9-19-24(34)23(26(35)28-12-11-18-6-5-13-31(18)2)27-33(25(19)29-22)20-7-3-4-8-21(20)36-27/h3-4,7-10,18H,5-6,11-17H2,1-2H3,(H,28,35). The molecule has 0 aliphatic carbocycles. The number of piperazine rings is 1. The number of fused-ring (bicyclic) bond motifs is 5. The van der Waals surface area contributed by atoms with Crippen molar-refractivity contribution in [1.82, 2.24) is 24.5 Å². The summed E-state index contributed by atoms with van der Waals surface area (Å²) in [5.74, 6) is 0.576. The van der Waals surface area contributed by atoms with Crippen LogP contribution in [0.25, 0.3) is 26.1 Å². The van der Waals surface area contributed by atoms with Crippen LogP contribution in [0.1, 0.15) is 29.6 Å². The molecule has 2 fully saturated rings. The van der Waals surface area contributed by atoms with Gasteiger partial charge < -0.3 is 20.0 Å². The lowest BCUT2D eigenvalue weighted by atomic mass is 10.1. The molecule has 4 aromatic rings. The maximum absolute atomic E-state index is 13.7. The summed E-state index contributed by atoms with van der Waals surface area (Å²) in [6.45, 7) is 5.42. The van der Waals surface area contributed by atoms with Gasteiger partial charge in [0, 0.05) is 38.8 Å². The van der Waals surface area contributed by atoms with Gasteiger partial charge in [-0.05, 0) is 64.2 Å². The maximum Gasteiger partial charge on any atom is 0.258 e. The van der Waals surface area contributed by atoms with Crippen LogP contribution in [0.5, 0.6) is 0 Å². The number of rotatable bonds is 5. The summed E-state index contributed by atoms with van der Waals surface area (Å²) in [5, 5.41) is 3.53. The smallest absolute Gasteiger partial charge is 0.258 e. The number of pyridine rings is 2. The highest BCUT2D eigenvalue weighted by Crippen LogP contribution is 2.31. The number of anilines is 1. The van der Waals surface area contributed by atoms with Gasteiger partial charge in [0.1, 0.15) is 16.2 Å². The third kappa shape index (κ3) is 4.05. The highest BCUT2D eigenvalue weighted by Gasteiger charge is 2.25. The van der Waals surface area contributed by atoms with Gasteiger partial charge >= 0.3 is 0 Å². The number of thiazole rings is 1. The van der Waals surface area contributed by atoms with Crippen LogP contribution in [-0.4, -0.2) is 84.5 Å². The molecule has 1 atom stereocenters. The second-order valence-electron chi connectivity index (χ2n) is 10.1. The molecule has 188 valence electrons. The number of para-hydroxylation sites is 1. The van der Waals surface area contributed by atoms with E-state index in [1.165, 1.54) is 17.8 Å². The second-order valence-corrected chi connectivity index (χ2v) is 11.1. The van der Waals surface area contributed by atoms with E-state index in [9.17, 15) is 9.59 Å². The van der Waals surface area contributed by atoms with Crippen LogP contribution in [0, 0.1) is 0 Å². The largest absolute Gasteiger partial charge is 0.354 e. The number of aromatic nitrogens is 2. The van der Waals surface area contributed by atoms with Crippen LogP contribution in [-0.2, 0) is 0 Å². The molecule has 2 aliphatic heterocycles. The number of likely N-dealkylation sites (tertiary alicyclic amines) is 1. The number of amides is 1. The molecule has 1 N–H and O–H groups in total. The Morgan fingerprint density at radius 3 is 2.67 bits per heavy atom. The van der Waals surface area contributed by atoms with Crippen molar-refractivity contribution in [3.63, 3.8) is 0 Å². The summed E-state index contributed by atoms with van der Waals surface area (Å²) in [6, 6.07) is 12.3. The van der Waals surface area contributed by atoms with Gasteiger partial charge in [-0.15, -0.1) is 11.3 Å². The summed E-state index contributed by atoms with van der Waals surface area (Å²) in [7, 11) is 4.27. The molecule has 36 heavy (non-hydrogen) atoms. The minimum atomic E-state index is -0.297. The lowest BCUT2D eigenvalue weighted by molar-refractivity contribution is 0.0951. The lowest BCUT2D eigenvalue weighted by Crippen LogP contribution is -2.44. The zero-order chi connectivity index (χ0) is 24.8. The molecule has 2 aliphatic rings. The molecule has 2 saturated heterocycles. The summed E-state index contributed by atoms with van der Waals surface area (Å²) in [6.07, 6.45) is 3.25. The van der Waals surface area contributed by atoms with Crippen LogP contribution < -0.4 is 15.6 Å². The van der Waals surface area contributed by atoms with Crippen molar-refractivity contribution in [3.8, 4) is 0 Å². The minimum absolute atomic E-state index is 0.220. The normalized spacial score (nSPS) is 19.6. The predicted molar refractivity (Wildman–Crippen MR) is 147 cm³/mol. The first kappa shape index (κ1) is 23.4. The fourth-order valence-electron chi connectivity index (χ4n) is 5.57. The SMILES string of the molecule is CN1CCN(c2ccc3c(=O)c(C(=O)NCCC4CCCN4C)c4sc5ccccc5n4c3n2)CC1. The summed E-state index contributed by atoms with van der Waals surface area (Å²) in [4.78, 5) is 39.7. The van der Waals surface area contributed by atoms with E-state index in [2.05, 4.69) is 34.1 Å². The van der Waals surface area contributed by atoms with Crippen molar-refractivity contribution in [3.05, 3.63) is 52.2 Å². The summed E-state index contributed by atoms with van der Waals surface area (Å²) in [5.41, 5.74) is 1.56. The van der Waals surface area contributed by atoms with E-state index >= 15 is 0 Å². The number of benzene rings is 1. The Morgan fingerprint density at radius 2 is 1.89 bits per heavy atom. The van der Waals surface area contributed by atoms with Crippen molar-refractivity contribution in [1.29, 1.82) is 0 Å². The number of carbonyl (C=O) groups excluding carboxylic acids is 1. The summed E-state index contributed by atoms with van der Waals surface area (Å²) < 4.78 is 3.04. The summed E-state index contributed by atoms with van der Waals surface area (Å²) >= 11 is 1.48. The quantitative estimate of drug-likeness (QED) is 0.451. The first-order valence-corrected chi connectivity index (χ1v) is 13.6. The van der Waals surface area contributed by atoms with Crippen molar-refractivity contribution in [2.75, 3.05) is 58.3 Å². The molecular formula is C27H32N6O2S. The fraction of sp³-hybridized carbons (Fsp3) is 0.444. The Kier molecular flexibility index (Phi) is 6.15. The van der Waals surface area contributed by atoms with Gasteiger partial charge in [0.2, 0.25) is 5.43 Å². The first-order chi connectivity index (χ1) is 17.5. The molecule has 0 spiro atoms. The van der Waals surface area contributed by atoms with Crippen molar-refractivity contribution in [2.45, 2.75) is 25.3 Å². The Hall–Kier alpha value is -3.01. The molecule has 1 amide bonds. The Balaban J connectivity index is 1.43. The zero-order valence-corrected chi connectivity index (χ0v) is 21.7. The highest BCUT2D eigenvalue weighted by molar-refractivity contribution is 7.24. The van der Waals surface area contributed by atoms with Gasteiger partial charge in [0.15, 0.2) is 5.65 Å². The van der Waals surface area contributed by atoms with Crippen LogP contribution >= 0.6 is 11.3 Å². The number of nitrogens with one attached hydrogen (secondary N) is 1. The predicted octanol–water partition coefficient (Wildman–Crippen LogP) is 3.03. The number of hydrogen-bond donors (Lipinski definition) is 1. The minimum Gasteiger partial charge on any atom is -0.354 e. The third-order valence-electron chi connectivity index (χ3n) is 7.76. The van der Waals surface area contributed by atoms with E-state index < -0.39 is 0 Å². The molecule has 0 saturated carbocycles. The van der Waals surface area contributed by atoms with Gasteiger partial charge in [-0.1, -0.05) is 12.1 Å². The van der Waals surface area contributed by atoms with Gasteiger partial charge in [-0.3, -0.25) is 14.0 Å². The topological polar surface area (TPSA) is 73.2 Å². The van der Waals surface area contributed by atoms with Crippen molar-refractivity contribution in [2.24, 2.45) is 0 Å². The number of nitrogens with zero attached hydrogens (tertiary/aromatic N) is 5. The number of carbonyl (C=O) groups is 1. The second kappa shape index (κ2) is 9.46. The van der Waals surface area contributed by atoms with Gasteiger partial charge in [-0.2, -0.15) is 0 Å². The molecule has 8 nitrogen and oxygen atoms in total. The Labute approximate surface area is 214 Å². The third-order valence-corrected chi connectivity index (χ3v) is 8.91. The van der Waals surface area contributed by atoms with Gasteiger partial charge in [-0.25, -0.2) is 4.98 Å². The van der Waals surface area contributed by atoms with E-state index in [4.69, 9.17) is 4.98 Å². The molecule has 0 radical (unpaired) electrons. The Morgan fingerprint density at radius 1 is 1.08 bits per heavy atom. The van der Waals surface area contributed by atoms with E-state index in [0.29, 0.717) is 28.5 Å². The van der Waals surface area contributed by atoms with Gasteiger partial charge in [0.25, 0.3) is 5.91 Å². The molecule has 1 aromatic carbocycles. The first-order valence-electron chi connectivity index (χ1n) is 12.8. The molecule has 6 rings (SSSR count). The number of likely N-dealkylation sites (N-methyl/N-ethyl adjacent to an activating group) is 1. The Bertz CT molecular complexity index is 1500. The fourth-order valence-corrected chi connectivity index (χ4v) is 6.76. The lowest BCUT2D eigenvalue weighted by Gasteiger charge is -2.33. The molecular weight excluding hydrogens is 472 g/mol. The molecule has 0 bridgehead atoms. The monoisotopic (exact) mass is 504 g/mol. The zero-order valence-electron chi connectivity index (χ0n) is 20.9. The number of hydrogen-bond acceptors (Lipinski definition) is 7. The average molecular weight is 505 g/mol. The van der Waals surface area contributed by atoms with Crippen molar-refractivity contribution >= 4 is 49.1 Å². The molecule has 5 heterocycles. The van der Waals surface area contributed by atoms with E-state index in [0.717, 1.165) is 61.6 Å². The van der Waals surface area contributed by atoms with E-state index in [1.807, 2.05) is 40.8 Å².